The summed E-state index contributed by atoms with van der Waals surface area (Å²) in [4.78, 5) is 10.5. The molecule has 1 unspecified atom stereocenters. The van der Waals surface area contributed by atoms with Crippen LogP contribution in [0.3, 0.4) is 0 Å². The zero-order chi connectivity index (χ0) is 13.8. The largest absolute Gasteiger partial charge is 0.497 e. The van der Waals surface area contributed by atoms with Gasteiger partial charge in [-0.25, -0.2) is 13.1 Å². The Morgan fingerprint density at radius 2 is 2.22 bits per heavy atom. The minimum atomic E-state index is -3.82. The van der Waals surface area contributed by atoms with E-state index in [-0.39, 0.29) is 4.90 Å². The highest BCUT2D eigenvalue weighted by Crippen LogP contribution is 2.16. The molecule has 1 aromatic rings. The Hall–Kier alpha value is -1.64. The molecule has 0 bridgehead atoms. The molecule has 100 valence electrons. The number of rotatable bonds is 6. The summed E-state index contributed by atoms with van der Waals surface area (Å²) in [6.07, 6.45) is -1.56. The van der Waals surface area contributed by atoms with Gasteiger partial charge >= 0.3 is 0 Å². The molecule has 1 amide bonds. The topological polar surface area (TPSA) is 119 Å². The van der Waals surface area contributed by atoms with Crippen LogP contribution in [0.1, 0.15) is 0 Å². The van der Waals surface area contributed by atoms with Crippen molar-refractivity contribution in [3.8, 4) is 5.75 Å². The smallest absolute Gasteiger partial charge is 0.247 e. The van der Waals surface area contributed by atoms with Gasteiger partial charge in [0.1, 0.15) is 11.9 Å². The highest BCUT2D eigenvalue weighted by atomic mass is 32.2. The molecule has 0 aromatic heterocycles. The zero-order valence-electron chi connectivity index (χ0n) is 9.66. The number of hydrogen-bond donors (Lipinski definition) is 3. The Kier molecular flexibility index (Phi) is 4.65. The second-order valence-corrected chi connectivity index (χ2v) is 5.22. The molecule has 0 saturated carbocycles. The lowest BCUT2D eigenvalue weighted by Gasteiger charge is -2.10. The van der Waals surface area contributed by atoms with Crippen molar-refractivity contribution < 1.29 is 23.1 Å². The Bertz CT molecular complexity index is 529. The van der Waals surface area contributed by atoms with Gasteiger partial charge in [0.2, 0.25) is 15.9 Å². The van der Waals surface area contributed by atoms with Crippen LogP contribution >= 0.6 is 0 Å². The summed E-state index contributed by atoms with van der Waals surface area (Å²) in [5, 5.41) is 9.11. The molecule has 7 nitrogen and oxygen atoms in total. The number of nitrogens with two attached hydrogens (primary N) is 1. The standard InChI is InChI=1S/C10H14N2O5S/c1-17-7-3-2-4-8(5-7)18(15,16)12-6-9(13)10(11)14/h2-5,9,12-13H,6H2,1H3,(H2,11,14). The van der Waals surface area contributed by atoms with Crippen molar-refractivity contribution in [2.45, 2.75) is 11.0 Å². The van der Waals surface area contributed by atoms with Crippen LogP contribution in [0.5, 0.6) is 5.75 Å². The number of nitrogens with one attached hydrogen (secondary N) is 1. The van der Waals surface area contributed by atoms with E-state index in [1.807, 2.05) is 0 Å². The molecule has 1 aromatic carbocycles. The fourth-order valence-corrected chi connectivity index (χ4v) is 2.21. The third kappa shape index (κ3) is 3.69. The van der Waals surface area contributed by atoms with Crippen LogP contribution in [0, 0.1) is 0 Å². The van der Waals surface area contributed by atoms with E-state index in [2.05, 4.69) is 4.72 Å². The molecule has 1 rings (SSSR count). The number of amides is 1. The lowest BCUT2D eigenvalue weighted by atomic mass is 10.3. The lowest BCUT2D eigenvalue weighted by Crippen LogP contribution is -2.39. The van der Waals surface area contributed by atoms with Crippen molar-refractivity contribution >= 4 is 15.9 Å². The molecular formula is C10H14N2O5S. The van der Waals surface area contributed by atoms with Crippen molar-refractivity contribution in [1.82, 2.24) is 4.72 Å². The highest BCUT2D eigenvalue weighted by molar-refractivity contribution is 7.89. The summed E-state index contributed by atoms with van der Waals surface area (Å²) in [7, 11) is -2.41. The van der Waals surface area contributed by atoms with Gasteiger partial charge in [0.15, 0.2) is 0 Å². The van der Waals surface area contributed by atoms with Gasteiger partial charge in [0, 0.05) is 12.6 Å². The van der Waals surface area contributed by atoms with Crippen LogP contribution in [0.25, 0.3) is 0 Å². The van der Waals surface area contributed by atoms with Crippen molar-refractivity contribution in [2.75, 3.05) is 13.7 Å². The second kappa shape index (κ2) is 5.80. The molecular weight excluding hydrogens is 260 g/mol. The van der Waals surface area contributed by atoms with E-state index in [1.54, 1.807) is 6.07 Å². The van der Waals surface area contributed by atoms with E-state index in [4.69, 9.17) is 15.6 Å². The van der Waals surface area contributed by atoms with E-state index >= 15 is 0 Å². The normalized spacial score (nSPS) is 13.0. The summed E-state index contributed by atoms with van der Waals surface area (Å²) in [5.74, 6) is -0.614. The van der Waals surface area contributed by atoms with Gasteiger partial charge in [-0.1, -0.05) is 6.07 Å². The van der Waals surface area contributed by atoms with Gasteiger partial charge in [0.05, 0.1) is 12.0 Å². The third-order valence-corrected chi connectivity index (χ3v) is 3.57. The fourth-order valence-electron chi connectivity index (χ4n) is 1.14. The predicted octanol–water partition coefficient (Wildman–Crippen LogP) is -1.18. The zero-order valence-corrected chi connectivity index (χ0v) is 10.5. The summed E-state index contributed by atoms with van der Waals surface area (Å²) < 4.78 is 30.6. The van der Waals surface area contributed by atoms with Gasteiger partial charge in [0.25, 0.3) is 0 Å². The van der Waals surface area contributed by atoms with E-state index in [1.165, 1.54) is 25.3 Å². The summed E-state index contributed by atoms with van der Waals surface area (Å²) in [6, 6.07) is 5.79. The number of carbonyl (C=O) groups is 1. The number of aliphatic hydroxyl groups excluding tert-OH is 1. The third-order valence-electron chi connectivity index (χ3n) is 2.15. The fraction of sp³-hybridized carbons (Fsp3) is 0.300. The number of benzene rings is 1. The second-order valence-electron chi connectivity index (χ2n) is 3.45. The van der Waals surface area contributed by atoms with Crippen LogP contribution in [0.4, 0.5) is 0 Å². The Labute approximate surface area is 105 Å². The van der Waals surface area contributed by atoms with Gasteiger partial charge in [-0.3, -0.25) is 4.79 Å². The molecule has 0 heterocycles. The average molecular weight is 274 g/mol. The molecule has 0 spiro atoms. The Morgan fingerprint density at radius 1 is 1.56 bits per heavy atom. The molecule has 0 aliphatic heterocycles. The predicted molar refractivity (Wildman–Crippen MR) is 63.4 cm³/mol. The summed E-state index contributed by atoms with van der Waals surface area (Å²) in [6.45, 7) is -0.477. The first kappa shape index (κ1) is 14.4. The van der Waals surface area contributed by atoms with Gasteiger partial charge in [-0.05, 0) is 12.1 Å². The lowest BCUT2D eigenvalue weighted by molar-refractivity contribution is -0.125. The Morgan fingerprint density at radius 3 is 2.78 bits per heavy atom. The van der Waals surface area contributed by atoms with Crippen LogP contribution in [0.15, 0.2) is 29.2 Å². The van der Waals surface area contributed by atoms with Crippen LogP contribution < -0.4 is 15.2 Å². The summed E-state index contributed by atoms with van der Waals surface area (Å²) in [5.41, 5.74) is 4.81. The molecule has 18 heavy (non-hydrogen) atoms. The minimum absolute atomic E-state index is 0.0291. The van der Waals surface area contributed by atoms with E-state index in [9.17, 15) is 13.2 Å². The van der Waals surface area contributed by atoms with E-state index in [0.717, 1.165) is 0 Å². The molecule has 0 saturated heterocycles. The number of aliphatic hydroxyl groups is 1. The monoisotopic (exact) mass is 274 g/mol. The Balaban J connectivity index is 2.83. The first-order valence-electron chi connectivity index (χ1n) is 4.98. The first-order valence-corrected chi connectivity index (χ1v) is 6.46. The quantitative estimate of drug-likeness (QED) is 0.603. The molecule has 4 N–H and O–H groups in total. The maximum absolute atomic E-state index is 11.8. The average Bonchev–Trinajstić information content (AvgIpc) is 2.36. The molecule has 0 radical (unpaired) electrons. The first-order chi connectivity index (χ1) is 8.36. The van der Waals surface area contributed by atoms with Gasteiger partial charge < -0.3 is 15.6 Å². The van der Waals surface area contributed by atoms with Gasteiger partial charge in [-0.2, -0.15) is 0 Å². The van der Waals surface area contributed by atoms with E-state index < -0.39 is 28.6 Å². The summed E-state index contributed by atoms with van der Waals surface area (Å²) >= 11 is 0. The highest BCUT2D eigenvalue weighted by Gasteiger charge is 2.18. The van der Waals surface area contributed by atoms with Crippen molar-refractivity contribution in [2.24, 2.45) is 5.73 Å². The van der Waals surface area contributed by atoms with Crippen molar-refractivity contribution in [3.05, 3.63) is 24.3 Å². The van der Waals surface area contributed by atoms with Crippen molar-refractivity contribution in [1.29, 1.82) is 0 Å². The number of hydrogen-bond acceptors (Lipinski definition) is 5. The molecule has 1 atom stereocenters. The number of ether oxygens (including phenoxy) is 1. The van der Waals surface area contributed by atoms with Crippen LogP contribution in [-0.4, -0.2) is 39.2 Å². The number of carbonyl (C=O) groups excluding carboxylic acids is 1. The molecule has 0 aliphatic carbocycles. The van der Waals surface area contributed by atoms with Crippen molar-refractivity contribution in [3.63, 3.8) is 0 Å². The number of sulfonamides is 1. The maximum Gasteiger partial charge on any atom is 0.247 e. The molecule has 0 fully saturated rings. The van der Waals surface area contributed by atoms with Gasteiger partial charge in [-0.15, -0.1) is 0 Å². The molecule has 0 aliphatic rings. The van der Waals surface area contributed by atoms with E-state index in [0.29, 0.717) is 5.75 Å². The number of primary amides is 1. The van der Waals surface area contributed by atoms with Crippen LogP contribution in [0.2, 0.25) is 0 Å². The maximum atomic E-state index is 11.8. The SMILES string of the molecule is COc1cccc(S(=O)(=O)NCC(O)C(N)=O)c1. The number of methoxy groups -OCH3 is 1. The minimum Gasteiger partial charge on any atom is -0.497 e. The van der Waals surface area contributed by atoms with Crippen LogP contribution in [-0.2, 0) is 14.8 Å². The molecule has 8 heteroatoms.